The van der Waals surface area contributed by atoms with E-state index in [0.717, 1.165) is 7.11 Å². The standard InChI is InChI=1S/C16H13Cl2F8N5O4S2/c1-35-6-11(32)28-14-12(29-15(16(19,20)21)36(2,33)34)10(5-27)30-31(14)13-8(17)3-7(4-9(13)18)37(22,23,24,25)26/h3-4,15,29H,6H2,1-2H3,(H,28,32). The highest BCUT2D eigenvalue weighted by Gasteiger charge is 2.65. The summed E-state index contributed by atoms with van der Waals surface area (Å²) in [6.07, 6.45) is -5.28. The SMILES string of the molecule is COCC(=O)Nc1c(NC(C(F)(F)F)S(C)(=O)=O)c(C#N)nn1-c1c(Cl)cc(S(F)(F)(F)(F)F)cc1Cl. The van der Waals surface area contributed by atoms with E-state index >= 15 is 0 Å². The quantitative estimate of drug-likeness (QED) is 0.364. The van der Waals surface area contributed by atoms with E-state index in [1.165, 1.54) is 11.4 Å². The van der Waals surface area contributed by atoms with Crippen molar-refractivity contribution < 1.29 is 50.5 Å². The lowest BCUT2D eigenvalue weighted by Gasteiger charge is -2.40. The Labute approximate surface area is 212 Å². The van der Waals surface area contributed by atoms with Gasteiger partial charge in [-0.15, -0.1) is 0 Å². The number of hydrogen-bond donors (Lipinski definition) is 2. The molecule has 0 radical (unpaired) electrons. The zero-order valence-corrected chi connectivity index (χ0v) is 21.2. The summed E-state index contributed by atoms with van der Waals surface area (Å²) in [4.78, 5) is 9.60. The molecular formula is C16H13Cl2F8N5O4S2. The fourth-order valence-electron chi connectivity index (χ4n) is 2.74. The third-order valence-corrected chi connectivity index (χ3v) is 7.12. The van der Waals surface area contributed by atoms with Crippen molar-refractivity contribution in [2.24, 2.45) is 0 Å². The summed E-state index contributed by atoms with van der Waals surface area (Å²) in [6.45, 7) is -0.758. The number of carbonyl (C=O) groups is 1. The summed E-state index contributed by atoms with van der Waals surface area (Å²) in [5.74, 6) is -2.09. The number of hydrogen-bond acceptors (Lipinski definition) is 7. The number of nitrogens with one attached hydrogen (secondary N) is 2. The third kappa shape index (κ3) is 7.07. The molecule has 0 saturated heterocycles. The second-order valence-corrected chi connectivity index (χ2v) is 12.5. The molecule has 0 aliphatic rings. The highest BCUT2D eigenvalue weighted by Crippen LogP contribution is 3.02. The number of amides is 1. The van der Waals surface area contributed by atoms with Gasteiger partial charge in [-0.05, 0) is 12.1 Å². The Morgan fingerprint density at radius 1 is 1.22 bits per heavy atom. The number of benzene rings is 1. The predicted molar refractivity (Wildman–Crippen MR) is 119 cm³/mol. The van der Waals surface area contributed by atoms with Crippen LogP contribution >= 0.6 is 33.4 Å². The van der Waals surface area contributed by atoms with E-state index in [9.17, 15) is 51.1 Å². The number of aromatic nitrogens is 2. The first-order valence-electron chi connectivity index (χ1n) is 8.98. The molecule has 0 aliphatic heterocycles. The second-order valence-electron chi connectivity index (χ2n) is 7.18. The van der Waals surface area contributed by atoms with Gasteiger partial charge in [-0.3, -0.25) is 4.79 Å². The zero-order valence-electron chi connectivity index (χ0n) is 18.0. The van der Waals surface area contributed by atoms with Crippen molar-refractivity contribution in [3.63, 3.8) is 0 Å². The first-order valence-corrected chi connectivity index (χ1v) is 13.6. The molecule has 0 bridgehead atoms. The molecule has 0 spiro atoms. The van der Waals surface area contributed by atoms with Crippen LogP contribution in [-0.2, 0) is 19.4 Å². The average Bonchev–Trinajstić information content (AvgIpc) is 2.99. The number of carbonyl (C=O) groups excluding carboxylic acids is 1. The maximum atomic E-state index is 13.5. The van der Waals surface area contributed by atoms with Gasteiger partial charge >= 0.3 is 16.4 Å². The zero-order chi connectivity index (χ0) is 28.8. The van der Waals surface area contributed by atoms with Gasteiger partial charge in [0, 0.05) is 13.4 Å². The normalized spacial score (nSPS) is 15.3. The van der Waals surface area contributed by atoms with E-state index < -0.39 is 82.0 Å². The summed E-state index contributed by atoms with van der Waals surface area (Å²) in [6, 6.07) is 0.809. The van der Waals surface area contributed by atoms with Gasteiger partial charge in [0.15, 0.2) is 21.3 Å². The van der Waals surface area contributed by atoms with E-state index in [0.29, 0.717) is 0 Å². The Kier molecular flexibility index (Phi) is 7.50. The second kappa shape index (κ2) is 9.04. The molecule has 9 nitrogen and oxygen atoms in total. The number of nitrogens with zero attached hydrogens (tertiary/aromatic N) is 3. The van der Waals surface area contributed by atoms with Crippen LogP contribution in [0.5, 0.6) is 0 Å². The van der Waals surface area contributed by atoms with E-state index in [4.69, 9.17) is 23.2 Å². The molecule has 0 fully saturated rings. The molecule has 1 unspecified atom stereocenters. The monoisotopic (exact) mass is 625 g/mol. The largest absolute Gasteiger partial charge is 0.423 e. The Bertz CT molecular complexity index is 1380. The van der Waals surface area contributed by atoms with Crippen LogP contribution in [-0.4, -0.2) is 55.6 Å². The lowest BCUT2D eigenvalue weighted by atomic mass is 10.3. The minimum absolute atomic E-state index is 0.199. The van der Waals surface area contributed by atoms with E-state index in [2.05, 4.69) is 9.84 Å². The molecule has 37 heavy (non-hydrogen) atoms. The fourth-order valence-corrected chi connectivity index (χ4v) is 5.01. The van der Waals surface area contributed by atoms with Crippen molar-refractivity contribution in [2.75, 3.05) is 30.6 Å². The maximum Gasteiger partial charge on any atom is 0.423 e. The van der Waals surface area contributed by atoms with E-state index in [1.54, 1.807) is 0 Å². The van der Waals surface area contributed by atoms with Crippen LogP contribution in [0.25, 0.3) is 5.69 Å². The molecule has 2 aromatic rings. The summed E-state index contributed by atoms with van der Waals surface area (Å²) >= 11 is 11.5. The van der Waals surface area contributed by atoms with Crippen LogP contribution in [0.4, 0.5) is 44.1 Å². The first kappa shape index (κ1) is 30.7. The number of anilines is 2. The summed E-state index contributed by atoms with van der Waals surface area (Å²) in [7, 11) is -14.3. The Morgan fingerprint density at radius 2 is 1.73 bits per heavy atom. The van der Waals surface area contributed by atoms with Gasteiger partial charge in [0.2, 0.25) is 5.37 Å². The first-order chi connectivity index (χ1) is 16.4. The van der Waals surface area contributed by atoms with Gasteiger partial charge in [0.05, 0.1) is 10.0 Å². The summed E-state index contributed by atoms with van der Waals surface area (Å²) in [5, 5.41) is 10.6. The average molecular weight is 626 g/mol. The van der Waals surface area contributed by atoms with Crippen molar-refractivity contribution >= 4 is 60.7 Å². The number of halogens is 10. The molecule has 1 amide bonds. The lowest BCUT2D eigenvalue weighted by Crippen LogP contribution is -2.42. The van der Waals surface area contributed by atoms with Crippen molar-refractivity contribution in [2.45, 2.75) is 16.4 Å². The maximum absolute atomic E-state index is 13.5. The molecule has 2 rings (SSSR count). The molecule has 0 saturated carbocycles. The molecule has 21 heteroatoms. The number of sulfone groups is 1. The number of nitriles is 1. The van der Waals surface area contributed by atoms with Crippen LogP contribution in [0.3, 0.4) is 0 Å². The van der Waals surface area contributed by atoms with Gasteiger partial charge in [-0.25, -0.2) is 13.1 Å². The predicted octanol–water partition coefficient (Wildman–Crippen LogP) is 5.64. The minimum Gasteiger partial charge on any atom is -0.375 e. The van der Waals surface area contributed by atoms with Crippen LogP contribution < -0.4 is 10.6 Å². The van der Waals surface area contributed by atoms with Crippen LogP contribution in [0.1, 0.15) is 5.69 Å². The molecular weight excluding hydrogens is 613 g/mol. The lowest BCUT2D eigenvalue weighted by molar-refractivity contribution is -0.125. The van der Waals surface area contributed by atoms with Crippen LogP contribution in [0.15, 0.2) is 17.0 Å². The topological polar surface area (TPSA) is 126 Å². The number of rotatable bonds is 8. The van der Waals surface area contributed by atoms with Gasteiger partial charge in [-0.1, -0.05) is 42.6 Å². The highest BCUT2D eigenvalue weighted by atomic mass is 35.5. The third-order valence-electron chi connectivity index (χ3n) is 4.17. The molecule has 0 aliphatic carbocycles. The Hall–Kier alpha value is -2.53. The molecule has 1 aromatic heterocycles. The summed E-state index contributed by atoms with van der Waals surface area (Å²) < 4.78 is 135. The van der Waals surface area contributed by atoms with Crippen molar-refractivity contribution in [3.8, 4) is 11.8 Å². The molecule has 208 valence electrons. The van der Waals surface area contributed by atoms with Crippen molar-refractivity contribution in [1.82, 2.24) is 9.78 Å². The fraction of sp³-hybridized carbons (Fsp3) is 0.312. The minimum atomic E-state index is -10.3. The molecule has 2 N–H and O–H groups in total. The summed E-state index contributed by atoms with van der Waals surface area (Å²) in [5.41, 5.74) is -2.97. The molecule has 1 heterocycles. The number of ether oxygens (including phenoxy) is 1. The smallest absolute Gasteiger partial charge is 0.375 e. The van der Waals surface area contributed by atoms with E-state index in [1.807, 2.05) is 5.32 Å². The van der Waals surface area contributed by atoms with Gasteiger partial charge in [-0.2, -0.15) is 23.5 Å². The Balaban J connectivity index is 2.91. The highest BCUT2D eigenvalue weighted by molar-refractivity contribution is 8.45. The van der Waals surface area contributed by atoms with Gasteiger partial charge in [0.1, 0.15) is 28.9 Å². The number of alkyl halides is 3. The van der Waals surface area contributed by atoms with E-state index in [-0.39, 0.29) is 23.1 Å². The molecule has 1 atom stereocenters. The van der Waals surface area contributed by atoms with Gasteiger partial charge in [0.25, 0.3) is 5.91 Å². The molecule has 1 aromatic carbocycles. The van der Waals surface area contributed by atoms with Gasteiger partial charge < -0.3 is 15.4 Å². The Morgan fingerprint density at radius 3 is 2.11 bits per heavy atom. The van der Waals surface area contributed by atoms with Crippen molar-refractivity contribution in [1.29, 1.82) is 5.26 Å². The van der Waals surface area contributed by atoms with Crippen LogP contribution in [0.2, 0.25) is 10.0 Å². The van der Waals surface area contributed by atoms with Crippen LogP contribution in [0, 0.1) is 11.3 Å². The van der Waals surface area contributed by atoms with Crippen molar-refractivity contribution in [3.05, 3.63) is 27.9 Å². The number of methoxy groups -OCH3 is 1.